The molecule has 5 rings (SSSR count). The molecule has 1 fully saturated rings. The van der Waals surface area contributed by atoms with Gasteiger partial charge >= 0.3 is 6.09 Å². The number of hydrogen-bond acceptors (Lipinski definition) is 7. The molecule has 2 aliphatic rings. The van der Waals surface area contributed by atoms with E-state index in [-0.39, 0.29) is 17.4 Å². The SMILES string of the molecule is [C-]#[N+]c1cnc(C(C)N2CC3(CCC3)c3c(COC)cc(Cn4ccnc4N(C)C(=O)OC(C)(C)C)cc3C2=O)cc1OCC. The van der Waals surface area contributed by atoms with Crippen LogP contribution in [0.4, 0.5) is 16.4 Å². The Balaban J connectivity index is 1.52. The molecule has 0 radical (unpaired) electrons. The monoisotopic (exact) mass is 614 g/mol. The summed E-state index contributed by atoms with van der Waals surface area (Å²) in [4.78, 5) is 43.0. The van der Waals surface area contributed by atoms with E-state index < -0.39 is 11.7 Å². The molecule has 3 aromatic rings. The minimum absolute atomic E-state index is 0.0695. The molecule has 1 unspecified atom stereocenters. The van der Waals surface area contributed by atoms with Crippen LogP contribution in [0.1, 0.15) is 92.7 Å². The Hall–Kier alpha value is -4.43. The van der Waals surface area contributed by atoms with E-state index in [4.69, 9.17) is 20.8 Å². The first-order valence-corrected chi connectivity index (χ1v) is 15.4. The molecule has 0 bridgehead atoms. The summed E-state index contributed by atoms with van der Waals surface area (Å²) >= 11 is 0. The van der Waals surface area contributed by atoms with Crippen molar-refractivity contribution in [3.8, 4) is 5.75 Å². The molecule has 0 N–H and O–H groups in total. The number of nitrogens with zero attached hydrogens (tertiary/aromatic N) is 6. The van der Waals surface area contributed by atoms with E-state index >= 15 is 0 Å². The number of hydrogen-bond donors (Lipinski definition) is 0. The molecule has 238 valence electrons. The fourth-order valence-electron chi connectivity index (χ4n) is 6.40. The highest BCUT2D eigenvalue weighted by Crippen LogP contribution is 2.51. The van der Waals surface area contributed by atoms with E-state index in [0.717, 1.165) is 36.0 Å². The van der Waals surface area contributed by atoms with Crippen LogP contribution >= 0.6 is 0 Å². The van der Waals surface area contributed by atoms with Crippen LogP contribution in [0, 0.1) is 6.57 Å². The van der Waals surface area contributed by atoms with Crippen molar-refractivity contribution < 1.29 is 23.8 Å². The summed E-state index contributed by atoms with van der Waals surface area (Å²) in [5.41, 5.74) is 3.87. The van der Waals surface area contributed by atoms with Crippen molar-refractivity contribution in [2.75, 3.05) is 32.2 Å². The summed E-state index contributed by atoms with van der Waals surface area (Å²) < 4.78 is 18.8. The lowest BCUT2D eigenvalue weighted by Crippen LogP contribution is -2.54. The fraction of sp³-hybridized carbons (Fsp3) is 0.500. The van der Waals surface area contributed by atoms with Crippen LogP contribution in [0.25, 0.3) is 4.85 Å². The first kappa shape index (κ1) is 32.0. The summed E-state index contributed by atoms with van der Waals surface area (Å²) in [6, 6.07) is 5.55. The van der Waals surface area contributed by atoms with E-state index in [1.165, 1.54) is 11.1 Å². The number of amides is 2. The Morgan fingerprint density at radius 1 is 1.22 bits per heavy atom. The normalized spacial score (nSPS) is 16.0. The van der Waals surface area contributed by atoms with E-state index in [1.54, 1.807) is 26.4 Å². The van der Waals surface area contributed by atoms with Gasteiger partial charge in [0.1, 0.15) is 11.4 Å². The lowest BCUT2D eigenvalue weighted by Gasteiger charge is -2.52. The Morgan fingerprint density at radius 2 is 1.98 bits per heavy atom. The van der Waals surface area contributed by atoms with Crippen molar-refractivity contribution in [3.05, 3.63) is 76.2 Å². The fourth-order valence-corrected chi connectivity index (χ4v) is 6.40. The molecular weight excluding hydrogens is 572 g/mol. The lowest BCUT2D eigenvalue weighted by molar-refractivity contribution is 0.0478. The van der Waals surface area contributed by atoms with E-state index in [2.05, 4.69) is 20.9 Å². The van der Waals surface area contributed by atoms with Crippen molar-refractivity contribution in [1.29, 1.82) is 0 Å². The molecule has 1 saturated carbocycles. The second kappa shape index (κ2) is 12.5. The van der Waals surface area contributed by atoms with Gasteiger partial charge in [0.15, 0.2) is 0 Å². The number of imidazole rings is 1. The zero-order chi connectivity index (χ0) is 32.5. The molecule has 45 heavy (non-hydrogen) atoms. The first-order chi connectivity index (χ1) is 21.4. The molecule has 11 nitrogen and oxygen atoms in total. The van der Waals surface area contributed by atoms with Gasteiger partial charge in [-0.05, 0) is 76.3 Å². The van der Waals surface area contributed by atoms with Crippen LogP contribution in [-0.4, -0.2) is 64.3 Å². The molecule has 2 amide bonds. The van der Waals surface area contributed by atoms with Crippen LogP contribution < -0.4 is 9.64 Å². The molecule has 2 aromatic heterocycles. The zero-order valence-corrected chi connectivity index (χ0v) is 27.2. The minimum Gasteiger partial charge on any atom is -0.505 e. The summed E-state index contributed by atoms with van der Waals surface area (Å²) in [6.07, 6.45) is 7.52. The number of fused-ring (bicyclic) bond motifs is 2. The van der Waals surface area contributed by atoms with Crippen LogP contribution in [0.15, 0.2) is 36.8 Å². The number of anilines is 1. The van der Waals surface area contributed by atoms with Crippen LogP contribution in [0.5, 0.6) is 5.75 Å². The van der Waals surface area contributed by atoms with Gasteiger partial charge in [-0.2, -0.15) is 0 Å². The van der Waals surface area contributed by atoms with Crippen LogP contribution in [0.2, 0.25) is 0 Å². The van der Waals surface area contributed by atoms with E-state index in [1.807, 2.05) is 56.3 Å². The molecule has 1 atom stereocenters. The average Bonchev–Trinajstić information content (AvgIpc) is 3.43. The number of rotatable bonds is 9. The quantitative estimate of drug-likeness (QED) is 0.256. The van der Waals surface area contributed by atoms with Gasteiger partial charge in [0.05, 0.1) is 38.1 Å². The summed E-state index contributed by atoms with van der Waals surface area (Å²) in [6.45, 7) is 18.6. The second-order valence-electron chi connectivity index (χ2n) is 12.9. The number of methoxy groups -OCH3 is 1. The average molecular weight is 615 g/mol. The van der Waals surface area contributed by atoms with Gasteiger partial charge in [-0.1, -0.05) is 12.5 Å². The minimum atomic E-state index is -0.643. The largest absolute Gasteiger partial charge is 0.505 e. The molecule has 1 aliphatic heterocycles. The summed E-state index contributed by atoms with van der Waals surface area (Å²) in [5.74, 6) is 0.844. The molecule has 0 saturated heterocycles. The molecule has 1 aliphatic carbocycles. The smallest absolute Gasteiger partial charge is 0.416 e. The number of carbonyl (C=O) groups excluding carboxylic acids is 2. The Bertz CT molecular complexity index is 1630. The maximum atomic E-state index is 14.4. The van der Waals surface area contributed by atoms with E-state index in [9.17, 15) is 9.59 Å². The number of aromatic nitrogens is 3. The highest BCUT2D eigenvalue weighted by Gasteiger charge is 2.49. The third-order valence-electron chi connectivity index (χ3n) is 8.58. The molecule has 1 aromatic carbocycles. The number of pyridine rings is 1. The van der Waals surface area contributed by atoms with Gasteiger partial charge in [-0.25, -0.2) is 14.6 Å². The predicted octanol–water partition coefficient (Wildman–Crippen LogP) is 6.43. The third-order valence-corrected chi connectivity index (χ3v) is 8.58. The van der Waals surface area contributed by atoms with E-state index in [0.29, 0.717) is 54.9 Å². The summed E-state index contributed by atoms with van der Waals surface area (Å²) in [7, 11) is 3.30. The van der Waals surface area contributed by atoms with Crippen molar-refractivity contribution in [1.82, 2.24) is 19.4 Å². The van der Waals surface area contributed by atoms with Crippen LogP contribution in [-0.2, 0) is 28.0 Å². The zero-order valence-electron chi connectivity index (χ0n) is 27.2. The molecule has 3 heterocycles. The molecule has 11 heteroatoms. The van der Waals surface area contributed by atoms with Gasteiger partial charge in [-0.3, -0.25) is 14.7 Å². The van der Waals surface area contributed by atoms with Gasteiger partial charge in [0, 0.05) is 50.3 Å². The first-order valence-electron chi connectivity index (χ1n) is 15.4. The number of carbonyl (C=O) groups is 2. The maximum absolute atomic E-state index is 14.4. The van der Waals surface area contributed by atoms with Crippen LogP contribution in [0.3, 0.4) is 0 Å². The Morgan fingerprint density at radius 3 is 2.60 bits per heavy atom. The molecule has 1 spiro atoms. The second-order valence-corrected chi connectivity index (χ2v) is 12.9. The van der Waals surface area contributed by atoms with Gasteiger partial charge in [-0.15, -0.1) is 0 Å². The highest BCUT2D eigenvalue weighted by atomic mass is 16.6. The van der Waals surface area contributed by atoms with Gasteiger partial charge in [0.2, 0.25) is 11.6 Å². The number of ether oxygens (including phenoxy) is 3. The van der Waals surface area contributed by atoms with Crippen molar-refractivity contribution >= 4 is 23.6 Å². The topological polar surface area (TPSA) is 103 Å². The maximum Gasteiger partial charge on any atom is 0.416 e. The summed E-state index contributed by atoms with van der Waals surface area (Å²) in [5, 5.41) is 0. The Kier molecular flexibility index (Phi) is 8.90. The van der Waals surface area contributed by atoms with Crippen molar-refractivity contribution in [2.24, 2.45) is 0 Å². The van der Waals surface area contributed by atoms with Crippen molar-refractivity contribution in [3.63, 3.8) is 0 Å². The molecular formula is C34H42N6O5. The lowest BCUT2D eigenvalue weighted by atomic mass is 9.60. The van der Waals surface area contributed by atoms with Gasteiger partial charge in [0.25, 0.3) is 5.91 Å². The highest BCUT2D eigenvalue weighted by molar-refractivity contribution is 5.98. The van der Waals surface area contributed by atoms with Gasteiger partial charge < -0.3 is 23.7 Å². The predicted molar refractivity (Wildman–Crippen MR) is 170 cm³/mol. The standard InChI is InChI=1S/C34H42N6O5/c1-9-44-28-17-26(37-18-27(28)35-6)22(2)40-21-34(11-10-12-34)29-24(20-43-8)15-23(16-25(29)30(40)41)19-39-14-13-36-31(39)38(7)32(42)45-33(3,4)5/h13-18,22H,9-12,19-21H2,1-5,7-8H3. The Labute approximate surface area is 264 Å². The third kappa shape index (κ3) is 6.25. The van der Waals surface area contributed by atoms with Crippen molar-refractivity contribution in [2.45, 2.75) is 84.1 Å². The number of benzene rings is 1.